The number of amides is 1. The summed E-state index contributed by atoms with van der Waals surface area (Å²) in [6.07, 6.45) is 4.69. The molecule has 1 amide bonds. The third-order valence-corrected chi connectivity index (χ3v) is 4.76. The van der Waals surface area contributed by atoms with Crippen LogP contribution >= 0.6 is 0 Å². The lowest BCUT2D eigenvalue weighted by molar-refractivity contribution is 0.102. The maximum Gasteiger partial charge on any atom is 0.255 e. The van der Waals surface area contributed by atoms with Crippen molar-refractivity contribution in [2.24, 2.45) is 5.10 Å². The molecular formula is C23H24N8O. The van der Waals surface area contributed by atoms with Gasteiger partial charge in [0.05, 0.1) is 17.4 Å². The number of hydrogen-bond acceptors (Lipinski definition) is 6. The Labute approximate surface area is 187 Å². The fourth-order valence-corrected chi connectivity index (χ4v) is 3.22. The number of nitrogens with zero attached hydrogens (tertiary/aromatic N) is 5. The SMILES string of the molecule is O=C(Nc1cccc(Nc2ccc3c(/C=N/n4cnnc4)[nH]nc3c2)c1)c1ccccc1.[HH].[HH].[HH]. The van der Waals surface area contributed by atoms with Crippen LogP contribution in [0.5, 0.6) is 0 Å². The number of fused-ring (bicyclic) bond motifs is 1. The van der Waals surface area contributed by atoms with Crippen molar-refractivity contribution in [2.45, 2.75) is 0 Å². The fourth-order valence-electron chi connectivity index (χ4n) is 3.22. The molecule has 0 aliphatic carbocycles. The molecule has 0 saturated carbocycles. The van der Waals surface area contributed by atoms with Crippen molar-refractivity contribution in [3.05, 3.63) is 96.7 Å². The zero-order valence-electron chi connectivity index (χ0n) is 16.8. The summed E-state index contributed by atoms with van der Waals surface area (Å²) in [7, 11) is 0. The quantitative estimate of drug-likeness (QED) is 0.337. The molecule has 3 N–H and O–H groups in total. The van der Waals surface area contributed by atoms with Crippen LogP contribution in [0.2, 0.25) is 0 Å². The number of nitrogens with one attached hydrogen (secondary N) is 3. The second kappa shape index (κ2) is 8.52. The summed E-state index contributed by atoms with van der Waals surface area (Å²) in [5, 5.41) is 26.2. The van der Waals surface area contributed by atoms with E-state index in [1.165, 1.54) is 17.3 Å². The van der Waals surface area contributed by atoms with E-state index in [0.717, 1.165) is 28.0 Å². The molecule has 9 nitrogen and oxygen atoms in total. The van der Waals surface area contributed by atoms with Gasteiger partial charge in [-0.3, -0.25) is 9.89 Å². The molecule has 9 heteroatoms. The van der Waals surface area contributed by atoms with Gasteiger partial charge in [-0.2, -0.15) is 10.2 Å². The van der Waals surface area contributed by atoms with Gasteiger partial charge in [-0.1, -0.05) is 24.3 Å². The van der Waals surface area contributed by atoms with E-state index >= 15 is 0 Å². The van der Waals surface area contributed by atoms with Crippen molar-refractivity contribution in [3.63, 3.8) is 0 Å². The Hall–Kier alpha value is -4.79. The molecular weight excluding hydrogens is 404 g/mol. The van der Waals surface area contributed by atoms with Crippen LogP contribution in [0.3, 0.4) is 0 Å². The highest BCUT2D eigenvalue weighted by Crippen LogP contribution is 2.24. The van der Waals surface area contributed by atoms with Gasteiger partial charge in [0.1, 0.15) is 12.7 Å². The minimum atomic E-state index is -0.152. The Bertz CT molecular complexity index is 1410. The van der Waals surface area contributed by atoms with Gasteiger partial charge in [-0.05, 0) is 48.5 Å². The predicted octanol–water partition coefficient (Wildman–Crippen LogP) is 4.77. The Morgan fingerprint density at radius 1 is 0.938 bits per heavy atom. The first-order chi connectivity index (χ1) is 15.7. The lowest BCUT2D eigenvalue weighted by atomic mass is 10.2. The third-order valence-electron chi connectivity index (χ3n) is 4.76. The lowest BCUT2D eigenvalue weighted by Gasteiger charge is -2.10. The molecule has 5 rings (SSSR count). The molecule has 2 heterocycles. The van der Waals surface area contributed by atoms with Crippen LogP contribution in [-0.4, -0.2) is 37.2 Å². The number of H-pyrrole nitrogens is 1. The summed E-state index contributed by atoms with van der Waals surface area (Å²) < 4.78 is 1.51. The minimum Gasteiger partial charge on any atom is -0.355 e. The van der Waals surface area contributed by atoms with E-state index < -0.39 is 0 Å². The van der Waals surface area contributed by atoms with E-state index in [-0.39, 0.29) is 10.2 Å². The fraction of sp³-hybridized carbons (Fsp3) is 0. The number of benzene rings is 3. The topological polar surface area (TPSA) is 113 Å². The molecule has 0 saturated heterocycles. The normalized spacial score (nSPS) is 11.1. The summed E-state index contributed by atoms with van der Waals surface area (Å²) in [6.45, 7) is 0. The van der Waals surface area contributed by atoms with E-state index in [1.807, 2.05) is 60.7 Å². The Morgan fingerprint density at radius 2 is 1.72 bits per heavy atom. The van der Waals surface area contributed by atoms with Crippen LogP contribution in [0, 0.1) is 0 Å². The number of hydrogen-bond donors (Lipinski definition) is 3. The molecule has 3 aromatic carbocycles. The van der Waals surface area contributed by atoms with Gasteiger partial charge in [0, 0.05) is 32.3 Å². The van der Waals surface area contributed by atoms with Gasteiger partial charge in [0.15, 0.2) is 0 Å². The van der Waals surface area contributed by atoms with Gasteiger partial charge < -0.3 is 10.6 Å². The molecule has 0 atom stereocenters. The monoisotopic (exact) mass is 428 g/mol. The highest BCUT2D eigenvalue weighted by molar-refractivity contribution is 6.04. The zero-order valence-corrected chi connectivity index (χ0v) is 16.8. The van der Waals surface area contributed by atoms with E-state index in [1.54, 1.807) is 18.3 Å². The zero-order chi connectivity index (χ0) is 21.8. The highest BCUT2D eigenvalue weighted by atomic mass is 16.1. The molecule has 0 bridgehead atoms. The van der Waals surface area contributed by atoms with Gasteiger partial charge in [0.25, 0.3) is 5.91 Å². The van der Waals surface area contributed by atoms with Crippen LogP contribution in [-0.2, 0) is 0 Å². The Kier molecular flexibility index (Phi) is 5.11. The van der Waals surface area contributed by atoms with E-state index in [0.29, 0.717) is 11.3 Å². The second-order valence-electron chi connectivity index (χ2n) is 6.98. The summed E-state index contributed by atoms with van der Waals surface area (Å²) in [5.74, 6) is -0.152. The highest BCUT2D eigenvalue weighted by Gasteiger charge is 2.07. The Balaban J connectivity index is 0.00000144. The van der Waals surface area contributed by atoms with Gasteiger partial charge >= 0.3 is 0 Å². The number of carbonyl (C=O) groups is 1. The van der Waals surface area contributed by atoms with Crippen molar-refractivity contribution < 1.29 is 9.07 Å². The molecule has 5 aromatic rings. The number of aromatic amines is 1. The molecule has 0 unspecified atom stereocenters. The van der Waals surface area contributed by atoms with Crippen molar-refractivity contribution in [1.82, 2.24) is 25.1 Å². The van der Waals surface area contributed by atoms with Crippen LogP contribution in [0.1, 0.15) is 20.3 Å². The number of carbonyl (C=O) groups excluding carboxylic acids is 1. The molecule has 0 fully saturated rings. The van der Waals surface area contributed by atoms with Crippen LogP contribution in [0.15, 0.2) is 90.6 Å². The van der Waals surface area contributed by atoms with Crippen molar-refractivity contribution in [2.75, 3.05) is 10.6 Å². The summed E-state index contributed by atoms with van der Waals surface area (Å²) >= 11 is 0. The first-order valence-electron chi connectivity index (χ1n) is 9.85. The first kappa shape index (κ1) is 19.2. The molecule has 0 spiro atoms. The summed E-state index contributed by atoms with van der Waals surface area (Å²) in [5.41, 5.74) is 4.62. The van der Waals surface area contributed by atoms with Gasteiger partial charge in [0.2, 0.25) is 0 Å². The molecule has 0 aliphatic rings. The average Bonchev–Trinajstić information content (AvgIpc) is 3.48. The number of aromatic nitrogens is 5. The lowest BCUT2D eigenvalue weighted by Crippen LogP contribution is -2.11. The molecule has 0 aliphatic heterocycles. The van der Waals surface area contributed by atoms with E-state index in [4.69, 9.17) is 0 Å². The van der Waals surface area contributed by atoms with Crippen LogP contribution in [0.25, 0.3) is 10.9 Å². The largest absolute Gasteiger partial charge is 0.355 e. The third kappa shape index (κ3) is 4.21. The standard InChI is InChI=1S/C23H18N8O.3H2/c32-23(16-5-2-1-3-6-16)28-18-8-4-7-17(11-18)27-19-9-10-20-21(12-19)29-30-22(20)13-26-31-14-24-25-15-31;;;/h1-15,27H,(H,28,32)(H,29,30);3*1H/b26-13+;;;. The molecule has 32 heavy (non-hydrogen) atoms. The van der Waals surface area contributed by atoms with Crippen LogP contribution < -0.4 is 10.6 Å². The van der Waals surface area contributed by atoms with Crippen molar-refractivity contribution in [3.8, 4) is 0 Å². The Morgan fingerprint density at radius 3 is 2.56 bits per heavy atom. The van der Waals surface area contributed by atoms with Crippen molar-refractivity contribution in [1.29, 1.82) is 0 Å². The summed E-state index contributed by atoms with van der Waals surface area (Å²) in [4.78, 5) is 12.4. The minimum absolute atomic E-state index is 0. The average molecular weight is 428 g/mol. The number of anilines is 3. The maximum absolute atomic E-state index is 12.4. The number of rotatable bonds is 6. The first-order valence-corrected chi connectivity index (χ1v) is 9.85. The van der Waals surface area contributed by atoms with Gasteiger partial charge in [-0.25, -0.2) is 4.68 Å². The smallest absolute Gasteiger partial charge is 0.255 e. The van der Waals surface area contributed by atoms with Crippen LogP contribution in [0.4, 0.5) is 17.1 Å². The molecule has 0 radical (unpaired) electrons. The van der Waals surface area contributed by atoms with E-state index in [2.05, 4.69) is 36.1 Å². The van der Waals surface area contributed by atoms with E-state index in [9.17, 15) is 4.79 Å². The summed E-state index contributed by atoms with van der Waals surface area (Å²) in [6, 6.07) is 22.5. The predicted molar refractivity (Wildman–Crippen MR) is 130 cm³/mol. The van der Waals surface area contributed by atoms with Gasteiger partial charge in [-0.15, -0.1) is 10.2 Å². The molecule has 162 valence electrons. The molecule has 2 aromatic heterocycles. The second-order valence-corrected chi connectivity index (χ2v) is 6.98. The van der Waals surface area contributed by atoms with Crippen molar-refractivity contribution >= 4 is 40.1 Å². The maximum atomic E-state index is 12.4.